The number of H-pyrrole nitrogens is 1. The molecule has 158 valence electrons. The summed E-state index contributed by atoms with van der Waals surface area (Å²) in [6, 6.07) is 10.8. The fraction of sp³-hybridized carbons (Fsp3) is 0.261. The molecule has 0 saturated carbocycles. The molecule has 5 rings (SSSR count). The molecule has 0 radical (unpaired) electrons. The van der Waals surface area contributed by atoms with E-state index in [9.17, 15) is 4.39 Å². The van der Waals surface area contributed by atoms with Gasteiger partial charge in [-0.1, -0.05) is 11.6 Å². The molecule has 31 heavy (non-hydrogen) atoms. The standard InChI is InChI=1S/C23H22ClFN6/c1-30(2)15-7-8-31(12-15)16-10-21-19(26-11-16)5-6-20(29-21)23-22(27-13-28-23)17-9-14(24)3-4-18(17)25/h3-6,9-11,13,15H,7-8,12H2,1-2H3,(H,27,28)/t15-/m0/s1. The largest absolute Gasteiger partial charge is 0.369 e. The Labute approximate surface area is 184 Å². The highest BCUT2D eigenvalue weighted by molar-refractivity contribution is 6.30. The number of imidazole rings is 1. The molecule has 1 aliphatic rings. The van der Waals surface area contributed by atoms with Crippen LogP contribution in [0.25, 0.3) is 33.7 Å². The second-order valence-corrected chi connectivity index (χ2v) is 8.47. The predicted octanol–water partition coefficient (Wildman–Crippen LogP) is 4.62. The van der Waals surface area contributed by atoms with Gasteiger partial charge in [0.05, 0.1) is 40.6 Å². The van der Waals surface area contributed by atoms with Crippen LogP contribution in [0.1, 0.15) is 6.42 Å². The third-order valence-corrected chi connectivity index (χ3v) is 6.10. The number of hydrogen-bond acceptors (Lipinski definition) is 5. The van der Waals surface area contributed by atoms with Crippen LogP contribution in [-0.2, 0) is 0 Å². The molecule has 0 spiro atoms. The van der Waals surface area contributed by atoms with Gasteiger partial charge in [0.2, 0.25) is 0 Å². The zero-order chi connectivity index (χ0) is 21.5. The number of benzene rings is 1. The average Bonchev–Trinajstić information content (AvgIpc) is 3.45. The van der Waals surface area contributed by atoms with Crippen molar-refractivity contribution in [1.82, 2.24) is 24.8 Å². The van der Waals surface area contributed by atoms with Crippen LogP contribution >= 0.6 is 11.6 Å². The van der Waals surface area contributed by atoms with Crippen molar-refractivity contribution in [3.63, 3.8) is 0 Å². The molecule has 1 saturated heterocycles. The SMILES string of the molecule is CN(C)[C@H]1CCN(c2cnc3ccc(-c4nc[nH]c4-c4cc(Cl)ccc4F)nc3c2)C1. The highest BCUT2D eigenvalue weighted by Crippen LogP contribution is 2.32. The van der Waals surface area contributed by atoms with E-state index in [2.05, 4.69) is 44.9 Å². The van der Waals surface area contributed by atoms with Gasteiger partial charge < -0.3 is 14.8 Å². The number of fused-ring (bicyclic) bond motifs is 1. The third kappa shape index (κ3) is 3.75. The molecule has 0 amide bonds. The van der Waals surface area contributed by atoms with E-state index in [1.807, 2.05) is 18.3 Å². The lowest BCUT2D eigenvalue weighted by molar-refractivity contribution is 0.315. The summed E-state index contributed by atoms with van der Waals surface area (Å²) in [6.45, 7) is 1.96. The zero-order valence-electron chi connectivity index (χ0n) is 17.3. The Kier molecular flexibility index (Phi) is 5.08. The molecule has 0 bridgehead atoms. The summed E-state index contributed by atoms with van der Waals surface area (Å²) in [5.74, 6) is -0.371. The summed E-state index contributed by atoms with van der Waals surface area (Å²) >= 11 is 6.09. The maximum atomic E-state index is 14.4. The van der Waals surface area contributed by atoms with Crippen molar-refractivity contribution in [2.24, 2.45) is 0 Å². The van der Waals surface area contributed by atoms with E-state index in [0.29, 0.717) is 33.7 Å². The number of pyridine rings is 2. The van der Waals surface area contributed by atoms with Crippen LogP contribution in [0.15, 0.2) is 48.9 Å². The van der Waals surface area contributed by atoms with Crippen molar-refractivity contribution in [3.05, 3.63) is 59.8 Å². The topological polar surface area (TPSA) is 60.9 Å². The predicted molar refractivity (Wildman–Crippen MR) is 122 cm³/mol. The zero-order valence-corrected chi connectivity index (χ0v) is 18.1. The summed E-state index contributed by atoms with van der Waals surface area (Å²) in [5, 5.41) is 0.457. The number of halogens is 2. The lowest BCUT2D eigenvalue weighted by atomic mass is 10.1. The van der Waals surface area contributed by atoms with Gasteiger partial charge in [-0.25, -0.2) is 14.4 Å². The van der Waals surface area contributed by atoms with Crippen LogP contribution in [0.5, 0.6) is 0 Å². The number of nitrogens with zero attached hydrogens (tertiary/aromatic N) is 5. The van der Waals surface area contributed by atoms with Crippen molar-refractivity contribution < 1.29 is 4.39 Å². The Morgan fingerprint density at radius 2 is 2.00 bits per heavy atom. The van der Waals surface area contributed by atoms with Crippen LogP contribution in [0.2, 0.25) is 5.02 Å². The first-order valence-electron chi connectivity index (χ1n) is 10.2. The second-order valence-electron chi connectivity index (χ2n) is 8.03. The molecule has 8 heteroatoms. The highest BCUT2D eigenvalue weighted by Gasteiger charge is 2.24. The monoisotopic (exact) mass is 436 g/mol. The molecular formula is C23H22ClFN6. The molecule has 1 aliphatic heterocycles. The quantitative estimate of drug-likeness (QED) is 0.505. The third-order valence-electron chi connectivity index (χ3n) is 5.86. The molecule has 4 heterocycles. The second kappa shape index (κ2) is 7.90. The number of nitrogens with one attached hydrogen (secondary N) is 1. The molecule has 4 aromatic rings. The van der Waals surface area contributed by atoms with Gasteiger partial charge in [-0.3, -0.25) is 4.98 Å². The summed E-state index contributed by atoms with van der Waals surface area (Å²) in [5.41, 5.74) is 4.78. The van der Waals surface area contributed by atoms with E-state index in [1.54, 1.807) is 6.07 Å². The summed E-state index contributed by atoms with van der Waals surface area (Å²) in [7, 11) is 4.23. The Morgan fingerprint density at radius 1 is 1.13 bits per heavy atom. The van der Waals surface area contributed by atoms with Crippen molar-refractivity contribution in [2.45, 2.75) is 12.5 Å². The van der Waals surface area contributed by atoms with Crippen LogP contribution in [0, 0.1) is 5.82 Å². The minimum Gasteiger partial charge on any atom is -0.369 e. The Hall–Kier alpha value is -3.03. The van der Waals surface area contributed by atoms with Crippen LogP contribution < -0.4 is 4.90 Å². The van der Waals surface area contributed by atoms with Crippen molar-refractivity contribution in [2.75, 3.05) is 32.1 Å². The minimum atomic E-state index is -0.371. The van der Waals surface area contributed by atoms with E-state index in [1.165, 1.54) is 18.5 Å². The van der Waals surface area contributed by atoms with Crippen molar-refractivity contribution in [3.8, 4) is 22.6 Å². The Balaban J connectivity index is 1.53. The summed E-state index contributed by atoms with van der Waals surface area (Å²) in [6.07, 6.45) is 4.57. The highest BCUT2D eigenvalue weighted by atomic mass is 35.5. The van der Waals surface area contributed by atoms with Crippen LogP contribution in [0.3, 0.4) is 0 Å². The molecule has 1 aromatic carbocycles. The van der Waals surface area contributed by atoms with Crippen LogP contribution in [-0.4, -0.2) is 58.1 Å². The first-order valence-corrected chi connectivity index (χ1v) is 10.5. The Morgan fingerprint density at radius 3 is 2.81 bits per heavy atom. The van der Waals surface area contributed by atoms with Gasteiger partial charge in [-0.15, -0.1) is 0 Å². The van der Waals surface area contributed by atoms with Gasteiger partial charge in [-0.05, 0) is 56.9 Å². The fourth-order valence-electron chi connectivity index (χ4n) is 4.08. The fourth-order valence-corrected chi connectivity index (χ4v) is 4.25. The molecule has 3 aromatic heterocycles. The van der Waals surface area contributed by atoms with Crippen molar-refractivity contribution in [1.29, 1.82) is 0 Å². The van der Waals surface area contributed by atoms with E-state index >= 15 is 0 Å². The average molecular weight is 437 g/mol. The summed E-state index contributed by atoms with van der Waals surface area (Å²) in [4.78, 5) is 21.4. The smallest absolute Gasteiger partial charge is 0.132 e. The number of anilines is 1. The number of aromatic nitrogens is 4. The molecule has 0 unspecified atom stereocenters. The summed E-state index contributed by atoms with van der Waals surface area (Å²) < 4.78 is 14.4. The molecule has 6 nitrogen and oxygen atoms in total. The maximum Gasteiger partial charge on any atom is 0.132 e. The first-order chi connectivity index (χ1) is 15.0. The van der Waals surface area contributed by atoms with Gasteiger partial charge in [-0.2, -0.15) is 0 Å². The van der Waals surface area contributed by atoms with Gasteiger partial charge >= 0.3 is 0 Å². The lowest BCUT2D eigenvalue weighted by Crippen LogP contribution is -2.31. The number of rotatable bonds is 4. The van der Waals surface area contributed by atoms with Gasteiger partial charge in [0, 0.05) is 29.7 Å². The van der Waals surface area contributed by atoms with Gasteiger partial charge in [0.15, 0.2) is 0 Å². The van der Waals surface area contributed by atoms with E-state index in [-0.39, 0.29) is 5.82 Å². The Bertz CT molecular complexity index is 1250. The molecular weight excluding hydrogens is 415 g/mol. The minimum absolute atomic E-state index is 0.362. The van der Waals surface area contributed by atoms with Gasteiger partial charge in [0.1, 0.15) is 11.5 Å². The van der Waals surface area contributed by atoms with E-state index in [0.717, 1.165) is 36.2 Å². The van der Waals surface area contributed by atoms with Crippen molar-refractivity contribution >= 4 is 28.3 Å². The maximum absolute atomic E-state index is 14.4. The van der Waals surface area contributed by atoms with E-state index < -0.39 is 0 Å². The molecule has 1 fully saturated rings. The number of likely N-dealkylation sites (N-methyl/N-ethyl adjacent to an activating group) is 1. The lowest BCUT2D eigenvalue weighted by Gasteiger charge is -2.21. The normalized spacial score (nSPS) is 16.5. The van der Waals surface area contributed by atoms with E-state index in [4.69, 9.17) is 16.6 Å². The molecule has 1 atom stereocenters. The number of hydrogen-bond donors (Lipinski definition) is 1. The number of aromatic amines is 1. The first kappa shape index (κ1) is 19.9. The molecule has 1 N–H and O–H groups in total. The van der Waals surface area contributed by atoms with Crippen LogP contribution in [0.4, 0.5) is 10.1 Å². The molecule has 0 aliphatic carbocycles. The van der Waals surface area contributed by atoms with Gasteiger partial charge in [0.25, 0.3) is 0 Å².